The zero-order valence-corrected chi connectivity index (χ0v) is 11.2. The molecule has 5 heteroatoms. The van der Waals surface area contributed by atoms with Gasteiger partial charge in [-0.05, 0) is 23.2 Å². The first kappa shape index (κ1) is 16.1. The van der Waals surface area contributed by atoms with Crippen molar-refractivity contribution in [1.82, 2.24) is 0 Å². The molecule has 0 saturated heterocycles. The maximum Gasteiger partial charge on any atom is 0.191 e. The molecule has 0 spiro atoms. The standard InChI is InChI=1S/2C6H5ClO.Fe/c2*7-6(8)5-3-1-2-4-5;/h2*1-4,8H;. The van der Waals surface area contributed by atoms with Gasteiger partial charge < -0.3 is 10.2 Å². The van der Waals surface area contributed by atoms with E-state index in [1.54, 1.807) is 24.3 Å². The van der Waals surface area contributed by atoms with Crippen LogP contribution in [0.5, 0.6) is 0 Å². The molecule has 17 heavy (non-hydrogen) atoms. The molecule has 0 unspecified atom stereocenters. The van der Waals surface area contributed by atoms with E-state index in [2.05, 4.69) is 0 Å². The number of aliphatic hydroxyl groups excluding tert-OH is 2. The van der Waals surface area contributed by atoms with Gasteiger partial charge in [0.2, 0.25) is 0 Å². The number of aliphatic hydroxyl groups is 2. The van der Waals surface area contributed by atoms with Crippen LogP contribution >= 0.6 is 23.2 Å². The van der Waals surface area contributed by atoms with E-state index in [-0.39, 0.29) is 27.5 Å². The van der Waals surface area contributed by atoms with Gasteiger partial charge in [-0.3, -0.25) is 0 Å². The molecule has 0 aliphatic heterocycles. The van der Waals surface area contributed by atoms with Crippen LogP contribution in [0.2, 0.25) is 0 Å². The SMILES string of the molecule is OC(Cl)=C1C=CC=C1.OC(Cl)=C1C=CC=C1.[Fe]. The van der Waals surface area contributed by atoms with Crippen molar-refractivity contribution in [3.05, 3.63) is 70.2 Å². The Labute approximate surface area is 120 Å². The molecule has 2 rings (SSSR count). The van der Waals surface area contributed by atoms with Crippen LogP contribution in [-0.2, 0) is 17.1 Å². The Morgan fingerprint density at radius 1 is 0.706 bits per heavy atom. The van der Waals surface area contributed by atoms with E-state index in [0.29, 0.717) is 11.1 Å². The third-order valence-electron chi connectivity index (χ3n) is 1.80. The molecule has 2 aliphatic carbocycles. The van der Waals surface area contributed by atoms with Crippen molar-refractivity contribution in [2.75, 3.05) is 0 Å². The zero-order chi connectivity index (χ0) is 12.0. The topological polar surface area (TPSA) is 40.5 Å². The Kier molecular flexibility index (Phi) is 7.84. The molecule has 0 heterocycles. The summed E-state index contributed by atoms with van der Waals surface area (Å²) in [6, 6.07) is 0. The van der Waals surface area contributed by atoms with E-state index < -0.39 is 0 Å². The van der Waals surface area contributed by atoms with Crippen LogP contribution in [0.1, 0.15) is 0 Å². The second kappa shape index (κ2) is 8.26. The molecular formula is C12H10Cl2FeO2. The fraction of sp³-hybridized carbons (Fsp3) is 0. The molecule has 0 radical (unpaired) electrons. The first-order valence-corrected chi connectivity index (χ1v) is 5.24. The van der Waals surface area contributed by atoms with Crippen molar-refractivity contribution in [2.24, 2.45) is 0 Å². The summed E-state index contributed by atoms with van der Waals surface area (Å²) in [5.74, 6) is 0. The van der Waals surface area contributed by atoms with Gasteiger partial charge in [0.15, 0.2) is 10.4 Å². The third-order valence-corrected chi connectivity index (χ3v) is 2.24. The Morgan fingerprint density at radius 3 is 1.06 bits per heavy atom. The van der Waals surface area contributed by atoms with E-state index in [1.807, 2.05) is 24.3 Å². The number of rotatable bonds is 0. The normalized spacial score (nSPS) is 14.5. The second-order valence-electron chi connectivity index (χ2n) is 2.93. The fourth-order valence-electron chi connectivity index (χ4n) is 1.02. The molecule has 0 atom stereocenters. The van der Waals surface area contributed by atoms with Gasteiger partial charge in [-0.2, -0.15) is 0 Å². The Bertz CT molecular complexity index is 365. The summed E-state index contributed by atoms with van der Waals surface area (Å²) in [6.45, 7) is 0. The Morgan fingerprint density at radius 2 is 0.941 bits per heavy atom. The van der Waals surface area contributed by atoms with Gasteiger partial charge in [-0.15, -0.1) is 0 Å². The Hall–Kier alpha value is -0.861. The number of allylic oxidation sites excluding steroid dienone is 10. The average molecular weight is 313 g/mol. The minimum absolute atomic E-state index is 0. The van der Waals surface area contributed by atoms with E-state index in [0.717, 1.165) is 0 Å². The maximum absolute atomic E-state index is 8.59. The summed E-state index contributed by atoms with van der Waals surface area (Å²) in [4.78, 5) is 0. The van der Waals surface area contributed by atoms with Gasteiger partial charge in [0.05, 0.1) is 0 Å². The third kappa shape index (κ3) is 5.85. The molecule has 0 aromatic carbocycles. The van der Waals surface area contributed by atoms with Crippen molar-refractivity contribution in [3.8, 4) is 0 Å². The van der Waals surface area contributed by atoms with Gasteiger partial charge >= 0.3 is 0 Å². The quantitative estimate of drug-likeness (QED) is 0.519. The fourth-order valence-corrected chi connectivity index (χ4v) is 1.28. The molecule has 2 aliphatic rings. The summed E-state index contributed by atoms with van der Waals surface area (Å²) < 4.78 is 0. The minimum Gasteiger partial charge on any atom is -0.498 e. The first-order chi connectivity index (χ1) is 7.61. The molecular weight excluding hydrogens is 303 g/mol. The van der Waals surface area contributed by atoms with Crippen LogP contribution in [-0.4, -0.2) is 10.2 Å². The summed E-state index contributed by atoms with van der Waals surface area (Å²) >= 11 is 10.4. The van der Waals surface area contributed by atoms with Gasteiger partial charge in [0, 0.05) is 28.2 Å². The molecule has 0 fully saturated rings. The van der Waals surface area contributed by atoms with E-state index >= 15 is 0 Å². The molecule has 0 aromatic rings. The van der Waals surface area contributed by atoms with E-state index in [1.165, 1.54) is 0 Å². The van der Waals surface area contributed by atoms with Gasteiger partial charge in [0.1, 0.15) is 0 Å². The summed E-state index contributed by atoms with van der Waals surface area (Å²) in [5.41, 5.74) is 1.35. The van der Waals surface area contributed by atoms with Gasteiger partial charge in [-0.1, -0.05) is 48.6 Å². The van der Waals surface area contributed by atoms with Crippen LogP contribution in [0.4, 0.5) is 0 Å². The monoisotopic (exact) mass is 312 g/mol. The van der Waals surface area contributed by atoms with Crippen LogP contribution in [0, 0.1) is 0 Å². The second-order valence-corrected chi connectivity index (χ2v) is 3.64. The predicted molar refractivity (Wildman–Crippen MR) is 67.6 cm³/mol. The number of halogens is 2. The minimum atomic E-state index is -0.144. The Balaban J connectivity index is 0.000000284. The largest absolute Gasteiger partial charge is 0.498 e. The molecule has 2 N–H and O–H groups in total. The maximum atomic E-state index is 8.59. The van der Waals surface area contributed by atoms with Gasteiger partial charge in [-0.25, -0.2) is 0 Å². The van der Waals surface area contributed by atoms with Crippen LogP contribution in [0.25, 0.3) is 0 Å². The molecule has 0 amide bonds. The summed E-state index contributed by atoms with van der Waals surface area (Å²) in [6.07, 6.45) is 14.2. The summed E-state index contributed by atoms with van der Waals surface area (Å²) in [5, 5.41) is 16.9. The van der Waals surface area contributed by atoms with Crippen LogP contribution in [0.15, 0.2) is 70.2 Å². The average Bonchev–Trinajstić information content (AvgIpc) is 2.93. The van der Waals surface area contributed by atoms with Crippen molar-refractivity contribution in [2.45, 2.75) is 0 Å². The van der Waals surface area contributed by atoms with E-state index in [4.69, 9.17) is 33.4 Å². The van der Waals surface area contributed by atoms with Crippen molar-refractivity contribution >= 4 is 23.2 Å². The number of hydrogen-bond acceptors (Lipinski definition) is 2. The van der Waals surface area contributed by atoms with E-state index in [9.17, 15) is 0 Å². The van der Waals surface area contributed by atoms with Crippen molar-refractivity contribution in [1.29, 1.82) is 0 Å². The van der Waals surface area contributed by atoms with Gasteiger partial charge in [0.25, 0.3) is 0 Å². The number of hydrogen-bond donors (Lipinski definition) is 2. The molecule has 92 valence electrons. The van der Waals surface area contributed by atoms with Crippen molar-refractivity contribution < 1.29 is 27.3 Å². The molecule has 0 aromatic heterocycles. The van der Waals surface area contributed by atoms with Crippen molar-refractivity contribution in [3.63, 3.8) is 0 Å². The molecule has 0 bridgehead atoms. The first-order valence-electron chi connectivity index (χ1n) is 4.48. The van der Waals surface area contributed by atoms with Crippen LogP contribution < -0.4 is 0 Å². The van der Waals surface area contributed by atoms with Crippen LogP contribution in [0.3, 0.4) is 0 Å². The molecule has 2 nitrogen and oxygen atoms in total. The zero-order valence-electron chi connectivity index (χ0n) is 8.62. The smallest absolute Gasteiger partial charge is 0.191 e. The summed E-state index contributed by atoms with van der Waals surface area (Å²) in [7, 11) is 0. The molecule has 0 saturated carbocycles. The predicted octanol–water partition coefficient (Wildman–Crippen LogP) is 4.24.